The number of nitrogens with zero attached hydrogens (tertiary/aromatic N) is 1. The quantitative estimate of drug-likeness (QED) is 0.633. The highest BCUT2D eigenvalue weighted by atomic mass is 16.6. The van der Waals surface area contributed by atoms with Gasteiger partial charge < -0.3 is 14.8 Å². The van der Waals surface area contributed by atoms with Crippen molar-refractivity contribution < 1.29 is 19.2 Å². The van der Waals surface area contributed by atoms with Crippen molar-refractivity contribution in [1.82, 2.24) is 5.32 Å². The molecule has 7 nitrogen and oxygen atoms in total. The van der Waals surface area contributed by atoms with Crippen molar-refractivity contribution in [1.29, 1.82) is 0 Å². The molecule has 1 aliphatic carbocycles. The van der Waals surface area contributed by atoms with Crippen LogP contribution in [0.3, 0.4) is 0 Å². The molecular formula is C13H18N2O5. The van der Waals surface area contributed by atoms with Crippen LogP contribution in [-0.4, -0.2) is 28.6 Å². The summed E-state index contributed by atoms with van der Waals surface area (Å²) in [5, 5.41) is 23.0. The topological polar surface area (TPSA) is 106 Å². The fourth-order valence-electron chi connectivity index (χ4n) is 2.52. The molecule has 1 aliphatic rings. The lowest BCUT2D eigenvalue weighted by molar-refractivity contribution is -0.402. The average molecular weight is 282 g/mol. The molecule has 1 atom stereocenters. The number of rotatable bonds is 5. The van der Waals surface area contributed by atoms with E-state index in [9.17, 15) is 20.0 Å². The molecule has 1 aromatic heterocycles. The molecule has 0 spiro atoms. The number of aliphatic hydroxyl groups excluding tert-OH is 1. The first kappa shape index (κ1) is 14.5. The molecule has 2 rings (SSSR count). The second kappa shape index (κ2) is 6.51. The Labute approximate surface area is 116 Å². The number of hydrogen-bond donors (Lipinski definition) is 2. The van der Waals surface area contributed by atoms with Crippen molar-refractivity contribution in [3.63, 3.8) is 0 Å². The van der Waals surface area contributed by atoms with Crippen molar-refractivity contribution in [3.05, 3.63) is 28.0 Å². The van der Waals surface area contributed by atoms with Gasteiger partial charge in [-0.05, 0) is 24.8 Å². The summed E-state index contributed by atoms with van der Waals surface area (Å²) in [5.74, 6) is -0.918. The van der Waals surface area contributed by atoms with Gasteiger partial charge in [0.15, 0.2) is 5.76 Å². The van der Waals surface area contributed by atoms with Crippen molar-refractivity contribution in [2.75, 3.05) is 6.54 Å². The minimum Gasteiger partial charge on any atom is -0.395 e. The lowest BCUT2D eigenvalue weighted by atomic mass is 9.85. The van der Waals surface area contributed by atoms with E-state index in [-0.39, 0.29) is 18.2 Å². The third-order valence-electron chi connectivity index (χ3n) is 3.66. The first-order valence-corrected chi connectivity index (χ1v) is 6.78. The summed E-state index contributed by atoms with van der Waals surface area (Å²) in [6.07, 6.45) is 4.79. The van der Waals surface area contributed by atoms with Gasteiger partial charge in [-0.25, -0.2) is 0 Å². The number of aliphatic hydroxyl groups is 1. The molecule has 0 aliphatic heterocycles. The van der Waals surface area contributed by atoms with E-state index in [0.717, 1.165) is 31.7 Å². The van der Waals surface area contributed by atoms with Crippen LogP contribution < -0.4 is 5.32 Å². The number of amides is 1. The Hall–Kier alpha value is -1.89. The number of nitrogens with one attached hydrogen (secondary N) is 1. The molecule has 1 heterocycles. The Morgan fingerprint density at radius 2 is 2.15 bits per heavy atom. The standard InChI is InChI=1S/C13H18N2O5/c16-10(9-4-2-1-3-5-9)8-14-13(17)11-6-7-12(20-11)15(18)19/h6-7,9-10,16H,1-5,8H2,(H,14,17). The number of carbonyl (C=O) groups excluding carboxylic acids is 1. The van der Waals surface area contributed by atoms with Gasteiger partial charge in [0.2, 0.25) is 0 Å². The number of nitro groups is 1. The van der Waals surface area contributed by atoms with Crippen LogP contribution in [-0.2, 0) is 0 Å². The average Bonchev–Trinajstić information content (AvgIpc) is 2.95. The molecule has 0 saturated heterocycles. The normalized spacial score (nSPS) is 17.6. The Bertz CT molecular complexity index is 479. The van der Waals surface area contributed by atoms with Gasteiger partial charge in [-0.1, -0.05) is 19.3 Å². The van der Waals surface area contributed by atoms with Gasteiger partial charge >= 0.3 is 5.88 Å². The Kier molecular flexibility index (Phi) is 4.73. The van der Waals surface area contributed by atoms with Crippen LogP contribution >= 0.6 is 0 Å². The maximum absolute atomic E-state index is 11.7. The highest BCUT2D eigenvalue weighted by Gasteiger charge is 2.23. The SMILES string of the molecule is O=C(NCC(O)C1CCCCC1)c1ccc([N+](=O)[O-])o1. The van der Waals surface area contributed by atoms with Crippen molar-refractivity contribution >= 4 is 11.8 Å². The minimum atomic E-state index is -0.701. The van der Waals surface area contributed by atoms with Crippen LogP contribution in [0.1, 0.15) is 42.7 Å². The van der Waals surface area contributed by atoms with E-state index in [0.29, 0.717) is 0 Å². The van der Waals surface area contributed by atoms with E-state index >= 15 is 0 Å². The van der Waals surface area contributed by atoms with E-state index in [4.69, 9.17) is 4.42 Å². The zero-order valence-electron chi connectivity index (χ0n) is 11.1. The first-order chi connectivity index (χ1) is 9.58. The minimum absolute atomic E-state index is 0.118. The van der Waals surface area contributed by atoms with E-state index in [1.54, 1.807) is 0 Å². The summed E-state index contributed by atoms with van der Waals surface area (Å²) in [7, 11) is 0. The molecule has 20 heavy (non-hydrogen) atoms. The Balaban J connectivity index is 1.83. The van der Waals surface area contributed by atoms with Gasteiger partial charge in [0.25, 0.3) is 5.91 Å². The lowest BCUT2D eigenvalue weighted by Crippen LogP contribution is -2.36. The van der Waals surface area contributed by atoms with Gasteiger partial charge in [-0.3, -0.25) is 14.9 Å². The summed E-state index contributed by atoms with van der Waals surface area (Å²) in [4.78, 5) is 21.5. The number of furan rings is 1. The molecule has 0 bridgehead atoms. The van der Waals surface area contributed by atoms with Crippen LogP contribution in [0.4, 0.5) is 5.88 Å². The molecule has 110 valence electrons. The zero-order chi connectivity index (χ0) is 14.5. The predicted octanol–water partition coefficient (Wildman–Crippen LogP) is 1.86. The molecule has 1 unspecified atom stereocenters. The van der Waals surface area contributed by atoms with E-state index < -0.39 is 22.8 Å². The van der Waals surface area contributed by atoms with E-state index in [1.165, 1.54) is 12.5 Å². The molecule has 2 N–H and O–H groups in total. The summed E-state index contributed by atoms with van der Waals surface area (Å²) < 4.78 is 4.79. The monoisotopic (exact) mass is 282 g/mol. The Morgan fingerprint density at radius 3 is 2.75 bits per heavy atom. The van der Waals surface area contributed by atoms with Crippen molar-refractivity contribution in [3.8, 4) is 0 Å². The fraction of sp³-hybridized carbons (Fsp3) is 0.615. The highest BCUT2D eigenvalue weighted by Crippen LogP contribution is 2.26. The van der Waals surface area contributed by atoms with Gasteiger partial charge in [0, 0.05) is 6.54 Å². The molecule has 1 fully saturated rings. The smallest absolute Gasteiger partial charge is 0.395 e. The van der Waals surface area contributed by atoms with Gasteiger partial charge in [-0.2, -0.15) is 0 Å². The summed E-state index contributed by atoms with van der Waals surface area (Å²) in [5.41, 5.74) is 0. The van der Waals surface area contributed by atoms with Crippen LogP contribution in [0.5, 0.6) is 0 Å². The molecule has 7 heteroatoms. The summed E-state index contributed by atoms with van der Waals surface area (Å²) in [6, 6.07) is 2.38. The Morgan fingerprint density at radius 1 is 1.45 bits per heavy atom. The maximum Gasteiger partial charge on any atom is 0.433 e. The van der Waals surface area contributed by atoms with Crippen LogP contribution in [0.2, 0.25) is 0 Å². The summed E-state index contributed by atoms with van der Waals surface area (Å²) in [6.45, 7) is 0.137. The van der Waals surface area contributed by atoms with Gasteiger partial charge in [-0.15, -0.1) is 0 Å². The summed E-state index contributed by atoms with van der Waals surface area (Å²) >= 11 is 0. The first-order valence-electron chi connectivity index (χ1n) is 6.78. The second-order valence-corrected chi connectivity index (χ2v) is 5.07. The lowest BCUT2D eigenvalue weighted by Gasteiger charge is -2.26. The van der Waals surface area contributed by atoms with Gasteiger partial charge in [0.1, 0.15) is 4.92 Å². The second-order valence-electron chi connectivity index (χ2n) is 5.07. The molecule has 1 amide bonds. The molecule has 1 saturated carbocycles. The maximum atomic E-state index is 11.7. The van der Waals surface area contributed by atoms with Crippen molar-refractivity contribution in [2.24, 2.45) is 5.92 Å². The van der Waals surface area contributed by atoms with Crippen molar-refractivity contribution in [2.45, 2.75) is 38.2 Å². The highest BCUT2D eigenvalue weighted by molar-refractivity contribution is 5.91. The van der Waals surface area contributed by atoms with E-state index in [1.807, 2.05) is 0 Å². The van der Waals surface area contributed by atoms with E-state index in [2.05, 4.69) is 5.32 Å². The third kappa shape index (κ3) is 3.57. The largest absolute Gasteiger partial charge is 0.433 e. The fourth-order valence-corrected chi connectivity index (χ4v) is 2.52. The number of hydrogen-bond acceptors (Lipinski definition) is 5. The number of carbonyl (C=O) groups is 1. The zero-order valence-corrected chi connectivity index (χ0v) is 11.1. The van der Waals surface area contributed by atoms with Gasteiger partial charge in [0.05, 0.1) is 12.2 Å². The van der Waals surface area contributed by atoms with Crippen LogP contribution in [0.15, 0.2) is 16.5 Å². The predicted molar refractivity (Wildman–Crippen MR) is 70.3 cm³/mol. The third-order valence-corrected chi connectivity index (χ3v) is 3.66. The van der Waals surface area contributed by atoms with Crippen LogP contribution in [0, 0.1) is 16.0 Å². The molecular weight excluding hydrogens is 264 g/mol. The molecule has 0 aromatic carbocycles. The molecule has 0 radical (unpaired) electrons. The molecule has 1 aromatic rings. The van der Waals surface area contributed by atoms with Crippen LogP contribution in [0.25, 0.3) is 0 Å².